The quantitative estimate of drug-likeness (QED) is 0.465. The topological polar surface area (TPSA) is 43.1 Å². The van der Waals surface area contributed by atoms with E-state index >= 15 is 0 Å². The average Bonchev–Trinajstić information content (AvgIpc) is 2.34. The first-order chi connectivity index (χ1) is 8.52. The number of halogens is 3. The SMILES string of the molecule is O=[N+]([O-])c1c(F)cc(F)c(F)c1-c1ccccc1. The van der Waals surface area contributed by atoms with E-state index in [1.54, 1.807) is 6.07 Å². The van der Waals surface area contributed by atoms with Gasteiger partial charge in [0, 0.05) is 6.07 Å². The molecule has 0 heterocycles. The molecule has 6 heteroatoms. The Bertz CT molecular complexity index is 614. The molecule has 0 amide bonds. The fraction of sp³-hybridized carbons (Fsp3) is 0. The molecule has 0 aliphatic rings. The molecule has 0 aromatic heterocycles. The Morgan fingerprint density at radius 1 is 1.00 bits per heavy atom. The maximum atomic E-state index is 13.6. The molecule has 0 saturated heterocycles. The average molecular weight is 253 g/mol. The molecule has 3 nitrogen and oxygen atoms in total. The second-order valence-electron chi connectivity index (χ2n) is 3.50. The largest absolute Gasteiger partial charge is 0.315 e. The Labute approximate surface area is 99.6 Å². The lowest BCUT2D eigenvalue weighted by atomic mass is 10.0. The van der Waals surface area contributed by atoms with Crippen LogP contribution in [-0.2, 0) is 0 Å². The van der Waals surface area contributed by atoms with E-state index in [1.807, 2.05) is 0 Å². The number of nitro groups is 1. The first-order valence-electron chi connectivity index (χ1n) is 4.89. The minimum atomic E-state index is -1.46. The molecule has 18 heavy (non-hydrogen) atoms. The van der Waals surface area contributed by atoms with Crippen molar-refractivity contribution >= 4 is 5.69 Å². The zero-order valence-electron chi connectivity index (χ0n) is 8.86. The number of benzene rings is 2. The zero-order valence-corrected chi connectivity index (χ0v) is 8.86. The van der Waals surface area contributed by atoms with Gasteiger partial charge in [-0.2, -0.15) is 4.39 Å². The summed E-state index contributed by atoms with van der Waals surface area (Å²) in [4.78, 5) is 9.69. The van der Waals surface area contributed by atoms with Gasteiger partial charge in [0.1, 0.15) is 5.56 Å². The van der Waals surface area contributed by atoms with Gasteiger partial charge in [0.05, 0.1) is 4.92 Å². The molecule has 0 N–H and O–H groups in total. The maximum absolute atomic E-state index is 13.6. The normalized spacial score (nSPS) is 10.4. The van der Waals surface area contributed by atoms with E-state index < -0.39 is 33.6 Å². The highest BCUT2D eigenvalue weighted by atomic mass is 19.2. The fourth-order valence-corrected chi connectivity index (χ4v) is 1.63. The standard InChI is InChI=1S/C12H6F3NO2/c13-8-6-9(14)12(16(17)18)10(11(8)15)7-4-2-1-3-5-7/h1-6H. The predicted octanol–water partition coefficient (Wildman–Crippen LogP) is 3.68. The second-order valence-corrected chi connectivity index (χ2v) is 3.50. The van der Waals surface area contributed by atoms with Gasteiger partial charge in [-0.15, -0.1) is 0 Å². The maximum Gasteiger partial charge on any atom is 0.315 e. The van der Waals surface area contributed by atoms with E-state index in [-0.39, 0.29) is 11.6 Å². The predicted molar refractivity (Wildman–Crippen MR) is 58.4 cm³/mol. The minimum Gasteiger partial charge on any atom is -0.258 e. The lowest BCUT2D eigenvalue weighted by Gasteiger charge is -2.06. The van der Waals surface area contributed by atoms with Crippen molar-refractivity contribution in [2.45, 2.75) is 0 Å². The van der Waals surface area contributed by atoms with Crippen LogP contribution in [-0.4, -0.2) is 4.92 Å². The van der Waals surface area contributed by atoms with E-state index in [9.17, 15) is 23.3 Å². The third kappa shape index (κ3) is 1.92. The van der Waals surface area contributed by atoms with Crippen LogP contribution in [0.1, 0.15) is 0 Å². The molecule has 0 fully saturated rings. The van der Waals surface area contributed by atoms with Gasteiger partial charge >= 0.3 is 5.69 Å². The summed E-state index contributed by atoms with van der Waals surface area (Å²) in [6.07, 6.45) is 0. The van der Waals surface area contributed by atoms with Gasteiger partial charge < -0.3 is 0 Å². The monoisotopic (exact) mass is 253 g/mol. The summed E-state index contributed by atoms with van der Waals surface area (Å²) >= 11 is 0. The molecule has 0 saturated carbocycles. The molecule has 0 unspecified atom stereocenters. The summed E-state index contributed by atoms with van der Waals surface area (Å²) in [6, 6.07) is 7.42. The van der Waals surface area contributed by atoms with Gasteiger partial charge in [-0.1, -0.05) is 30.3 Å². The minimum absolute atomic E-state index is 0.0418. The first-order valence-corrected chi connectivity index (χ1v) is 4.89. The van der Waals surface area contributed by atoms with Crippen molar-refractivity contribution in [3.05, 3.63) is 64.0 Å². The molecule has 0 aliphatic carbocycles. The van der Waals surface area contributed by atoms with E-state index in [1.165, 1.54) is 24.3 Å². The van der Waals surface area contributed by atoms with Crippen molar-refractivity contribution in [3.63, 3.8) is 0 Å². The molecule has 0 atom stereocenters. The smallest absolute Gasteiger partial charge is 0.258 e. The summed E-state index contributed by atoms with van der Waals surface area (Å²) < 4.78 is 40.2. The Morgan fingerprint density at radius 2 is 1.61 bits per heavy atom. The van der Waals surface area contributed by atoms with Gasteiger partial charge in [0.15, 0.2) is 11.6 Å². The lowest BCUT2D eigenvalue weighted by molar-refractivity contribution is -0.387. The molecule has 2 aromatic carbocycles. The molecule has 2 aromatic rings. The summed E-state index contributed by atoms with van der Waals surface area (Å²) in [5.41, 5.74) is -1.71. The van der Waals surface area contributed by atoms with E-state index in [2.05, 4.69) is 0 Å². The molecule has 0 radical (unpaired) electrons. The van der Waals surface area contributed by atoms with Crippen LogP contribution in [0.3, 0.4) is 0 Å². The van der Waals surface area contributed by atoms with Crippen LogP contribution in [0.4, 0.5) is 18.9 Å². The summed E-state index contributed by atoms with van der Waals surface area (Å²) in [5.74, 6) is -4.30. The van der Waals surface area contributed by atoms with Crippen LogP contribution in [0.2, 0.25) is 0 Å². The number of rotatable bonds is 2. The third-order valence-corrected chi connectivity index (χ3v) is 2.39. The summed E-state index contributed by atoms with van der Waals surface area (Å²) in [7, 11) is 0. The van der Waals surface area contributed by atoms with Gasteiger partial charge in [-0.25, -0.2) is 8.78 Å². The molecule has 0 bridgehead atoms. The van der Waals surface area contributed by atoms with Crippen molar-refractivity contribution in [1.82, 2.24) is 0 Å². The van der Waals surface area contributed by atoms with Gasteiger partial charge in [-0.3, -0.25) is 10.1 Å². The van der Waals surface area contributed by atoms with Crippen LogP contribution in [0.5, 0.6) is 0 Å². The fourth-order valence-electron chi connectivity index (χ4n) is 1.63. The highest BCUT2D eigenvalue weighted by molar-refractivity contribution is 5.74. The molecule has 0 spiro atoms. The van der Waals surface area contributed by atoms with Crippen molar-refractivity contribution in [2.24, 2.45) is 0 Å². The van der Waals surface area contributed by atoms with Crippen LogP contribution in [0.15, 0.2) is 36.4 Å². The highest BCUT2D eigenvalue weighted by Crippen LogP contribution is 2.35. The van der Waals surface area contributed by atoms with Crippen LogP contribution >= 0.6 is 0 Å². The number of hydrogen-bond donors (Lipinski definition) is 0. The Morgan fingerprint density at radius 3 is 2.17 bits per heavy atom. The Kier molecular flexibility index (Phi) is 3.01. The lowest BCUT2D eigenvalue weighted by Crippen LogP contribution is -2.01. The Balaban J connectivity index is 2.83. The molecule has 92 valence electrons. The molecular weight excluding hydrogens is 247 g/mol. The van der Waals surface area contributed by atoms with Crippen LogP contribution in [0, 0.1) is 27.6 Å². The highest BCUT2D eigenvalue weighted by Gasteiger charge is 2.28. The van der Waals surface area contributed by atoms with E-state index in [0.717, 1.165) is 0 Å². The summed E-state index contributed by atoms with van der Waals surface area (Å²) in [6.45, 7) is 0. The summed E-state index contributed by atoms with van der Waals surface area (Å²) in [5, 5.41) is 10.8. The number of nitro benzene ring substituents is 1. The van der Waals surface area contributed by atoms with Gasteiger partial charge in [0.2, 0.25) is 5.82 Å². The number of hydrogen-bond acceptors (Lipinski definition) is 2. The van der Waals surface area contributed by atoms with Crippen LogP contribution in [0.25, 0.3) is 11.1 Å². The zero-order chi connectivity index (χ0) is 13.3. The second kappa shape index (κ2) is 4.48. The van der Waals surface area contributed by atoms with Gasteiger partial charge in [-0.05, 0) is 5.56 Å². The third-order valence-electron chi connectivity index (χ3n) is 2.39. The van der Waals surface area contributed by atoms with Gasteiger partial charge in [0.25, 0.3) is 0 Å². The first kappa shape index (κ1) is 12.1. The van der Waals surface area contributed by atoms with E-state index in [4.69, 9.17) is 0 Å². The molecule has 2 rings (SSSR count). The van der Waals surface area contributed by atoms with Crippen molar-refractivity contribution in [1.29, 1.82) is 0 Å². The van der Waals surface area contributed by atoms with Crippen molar-refractivity contribution in [3.8, 4) is 11.1 Å². The molecular formula is C12H6F3NO2. The number of nitrogens with zero attached hydrogens (tertiary/aromatic N) is 1. The molecule has 0 aliphatic heterocycles. The van der Waals surface area contributed by atoms with Crippen molar-refractivity contribution in [2.75, 3.05) is 0 Å². The van der Waals surface area contributed by atoms with Crippen LogP contribution < -0.4 is 0 Å². The Hall–Kier alpha value is -2.37. The van der Waals surface area contributed by atoms with Crippen molar-refractivity contribution < 1.29 is 18.1 Å². The van der Waals surface area contributed by atoms with E-state index in [0.29, 0.717) is 0 Å².